The van der Waals surface area contributed by atoms with Gasteiger partial charge in [-0.2, -0.15) is 16.7 Å². The Morgan fingerprint density at radius 2 is 2.18 bits per heavy atom. The summed E-state index contributed by atoms with van der Waals surface area (Å²) < 4.78 is 5.07. The van der Waals surface area contributed by atoms with Crippen LogP contribution in [0, 0.1) is 5.92 Å². The van der Waals surface area contributed by atoms with Crippen molar-refractivity contribution in [1.29, 1.82) is 0 Å². The van der Waals surface area contributed by atoms with Crippen molar-refractivity contribution in [2.75, 3.05) is 25.9 Å². The fourth-order valence-electron chi connectivity index (χ4n) is 2.43. The van der Waals surface area contributed by atoms with Crippen LogP contribution in [-0.4, -0.2) is 52.7 Å². The molecule has 0 spiro atoms. The van der Waals surface area contributed by atoms with Gasteiger partial charge in [0.2, 0.25) is 17.7 Å². The van der Waals surface area contributed by atoms with Crippen molar-refractivity contribution in [3.63, 3.8) is 0 Å². The summed E-state index contributed by atoms with van der Waals surface area (Å²) in [7, 11) is 0. The van der Waals surface area contributed by atoms with E-state index in [1.807, 2.05) is 11.2 Å². The second kappa shape index (κ2) is 8.14. The maximum Gasteiger partial charge on any atom is 0.246 e. The fourth-order valence-corrected chi connectivity index (χ4v) is 2.81. The molecule has 1 aliphatic heterocycles. The first-order valence-corrected chi connectivity index (χ1v) is 8.56. The molecule has 22 heavy (non-hydrogen) atoms. The lowest BCUT2D eigenvalue weighted by Crippen LogP contribution is -2.43. The molecule has 3 N–H and O–H groups in total. The molecule has 0 saturated carbocycles. The third-order valence-electron chi connectivity index (χ3n) is 3.54. The second-order valence-electron chi connectivity index (χ2n) is 5.27. The number of amides is 2. The molecule has 0 aromatic carbocycles. The summed E-state index contributed by atoms with van der Waals surface area (Å²) in [6, 6.07) is 0. The first kappa shape index (κ1) is 16.8. The van der Waals surface area contributed by atoms with Gasteiger partial charge in [-0.1, -0.05) is 5.16 Å². The van der Waals surface area contributed by atoms with Crippen molar-refractivity contribution in [1.82, 2.24) is 20.4 Å². The lowest BCUT2D eigenvalue weighted by Gasteiger charge is -2.30. The lowest BCUT2D eigenvalue weighted by atomic mass is 9.96. The molecule has 8 nitrogen and oxygen atoms in total. The van der Waals surface area contributed by atoms with Crippen LogP contribution in [0.1, 0.15) is 24.6 Å². The summed E-state index contributed by atoms with van der Waals surface area (Å²) in [4.78, 5) is 29.1. The second-order valence-corrected chi connectivity index (χ2v) is 6.14. The highest BCUT2D eigenvalue weighted by Gasteiger charge is 2.25. The number of aromatic nitrogens is 2. The minimum atomic E-state index is -0.333. The van der Waals surface area contributed by atoms with Gasteiger partial charge in [0.05, 0.1) is 18.8 Å². The number of hydrogen-bond donors (Lipinski definition) is 2. The summed E-state index contributed by atoms with van der Waals surface area (Å²) in [5, 5.41) is 6.65. The maximum absolute atomic E-state index is 12.1. The Labute approximate surface area is 133 Å². The zero-order chi connectivity index (χ0) is 15.9. The molecule has 1 fully saturated rings. The number of thioether (sulfide) groups is 1. The van der Waals surface area contributed by atoms with E-state index in [1.165, 1.54) is 0 Å². The first-order chi connectivity index (χ1) is 10.6. The van der Waals surface area contributed by atoms with E-state index in [-0.39, 0.29) is 30.8 Å². The SMILES string of the molecule is CSCc1noc(CNC(=O)C2CCN(CC(N)=O)CC2)n1. The number of carbonyl (C=O) groups is 2. The molecule has 0 radical (unpaired) electrons. The van der Waals surface area contributed by atoms with E-state index in [0.717, 1.165) is 12.8 Å². The van der Waals surface area contributed by atoms with E-state index in [1.54, 1.807) is 11.8 Å². The molecule has 122 valence electrons. The van der Waals surface area contributed by atoms with Gasteiger partial charge in [0.25, 0.3) is 0 Å². The molecule has 1 aliphatic rings. The van der Waals surface area contributed by atoms with E-state index < -0.39 is 0 Å². The standard InChI is InChI=1S/C13H21N5O3S/c1-22-8-11-16-12(21-17-11)6-15-13(20)9-2-4-18(5-3-9)7-10(14)19/h9H,2-8H2,1H3,(H2,14,19)(H,15,20). The minimum absolute atomic E-state index is 0.0108. The number of primary amides is 1. The maximum atomic E-state index is 12.1. The number of rotatable bonds is 7. The van der Waals surface area contributed by atoms with Gasteiger partial charge in [-0.15, -0.1) is 0 Å². The summed E-state index contributed by atoms with van der Waals surface area (Å²) in [6.07, 6.45) is 3.41. The van der Waals surface area contributed by atoms with Gasteiger partial charge >= 0.3 is 0 Å². The normalized spacial score (nSPS) is 16.6. The predicted molar refractivity (Wildman–Crippen MR) is 81.7 cm³/mol. The monoisotopic (exact) mass is 327 g/mol. The summed E-state index contributed by atoms with van der Waals surface area (Å²) in [5.74, 6) is 1.36. The van der Waals surface area contributed by atoms with Gasteiger partial charge < -0.3 is 15.6 Å². The molecule has 1 aromatic rings. The van der Waals surface area contributed by atoms with Crippen molar-refractivity contribution in [3.05, 3.63) is 11.7 Å². The molecule has 0 unspecified atom stereocenters. The third kappa shape index (κ3) is 4.99. The van der Waals surface area contributed by atoms with Crippen LogP contribution in [-0.2, 0) is 21.9 Å². The predicted octanol–water partition coefficient (Wildman–Crippen LogP) is -0.254. The highest BCUT2D eigenvalue weighted by atomic mass is 32.2. The topological polar surface area (TPSA) is 114 Å². The fraction of sp³-hybridized carbons (Fsp3) is 0.692. The third-order valence-corrected chi connectivity index (χ3v) is 4.08. The van der Waals surface area contributed by atoms with Crippen LogP contribution in [0.15, 0.2) is 4.52 Å². The molecule has 0 atom stereocenters. The number of nitrogens with zero attached hydrogens (tertiary/aromatic N) is 3. The van der Waals surface area contributed by atoms with E-state index in [9.17, 15) is 9.59 Å². The van der Waals surface area contributed by atoms with Crippen molar-refractivity contribution in [2.45, 2.75) is 25.1 Å². The van der Waals surface area contributed by atoms with Gasteiger partial charge in [-0.05, 0) is 32.2 Å². The Hall–Kier alpha value is -1.61. The molecule has 2 heterocycles. The Morgan fingerprint density at radius 3 is 2.82 bits per heavy atom. The zero-order valence-corrected chi connectivity index (χ0v) is 13.4. The molecule has 0 aliphatic carbocycles. The Kier molecular flexibility index (Phi) is 6.20. The molecular formula is C13H21N5O3S. The van der Waals surface area contributed by atoms with Crippen LogP contribution in [0.5, 0.6) is 0 Å². The number of piperidine rings is 1. The number of nitrogens with one attached hydrogen (secondary N) is 1. The summed E-state index contributed by atoms with van der Waals surface area (Å²) >= 11 is 1.61. The average molecular weight is 327 g/mol. The average Bonchev–Trinajstić information content (AvgIpc) is 2.93. The van der Waals surface area contributed by atoms with Gasteiger partial charge in [-0.3, -0.25) is 14.5 Å². The largest absolute Gasteiger partial charge is 0.369 e. The van der Waals surface area contributed by atoms with E-state index in [4.69, 9.17) is 10.3 Å². The zero-order valence-electron chi connectivity index (χ0n) is 12.6. The Bertz CT molecular complexity index is 514. The van der Waals surface area contributed by atoms with Crippen LogP contribution in [0.25, 0.3) is 0 Å². The highest BCUT2D eigenvalue weighted by Crippen LogP contribution is 2.17. The number of likely N-dealkylation sites (tertiary alicyclic amines) is 1. The van der Waals surface area contributed by atoms with Gasteiger partial charge in [0, 0.05) is 5.92 Å². The molecule has 1 saturated heterocycles. The lowest BCUT2D eigenvalue weighted by molar-refractivity contribution is -0.126. The summed E-state index contributed by atoms with van der Waals surface area (Å²) in [6.45, 7) is 1.93. The molecule has 2 rings (SSSR count). The van der Waals surface area contributed by atoms with E-state index in [2.05, 4.69) is 15.5 Å². The van der Waals surface area contributed by atoms with Crippen LogP contribution >= 0.6 is 11.8 Å². The summed E-state index contributed by atoms with van der Waals surface area (Å²) in [5.41, 5.74) is 5.17. The smallest absolute Gasteiger partial charge is 0.246 e. The molecule has 1 aromatic heterocycles. The van der Waals surface area contributed by atoms with Crippen LogP contribution in [0.4, 0.5) is 0 Å². The van der Waals surface area contributed by atoms with E-state index >= 15 is 0 Å². The van der Waals surface area contributed by atoms with Crippen molar-refractivity contribution >= 4 is 23.6 Å². The van der Waals surface area contributed by atoms with Crippen LogP contribution in [0.2, 0.25) is 0 Å². The Balaban J connectivity index is 1.72. The number of carbonyl (C=O) groups excluding carboxylic acids is 2. The van der Waals surface area contributed by atoms with Crippen molar-refractivity contribution in [3.8, 4) is 0 Å². The first-order valence-electron chi connectivity index (χ1n) is 7.17. The molecule has 0 bridgehead atoms. The molecule has 9 heteroatoms. The van der Waals surface area contributed by atoms with E-state index in [0.29, 0.717) is 30.6 Å². The minimum Gasteiger partial charge on any atom is -0.369 e. The van der Waals surface area contributed by atoms with Gasteiger partial charge in [0.1, 0.15) is 0 Å². The van der Waals surface area contributed by atoms with Crippen molar-refractivity contribution < 1.29 is 14.1 Å². The van der Waals surface area contributed by atoms with Gasteiger partial charge in [0.15, 0.2) is 5.82 Å². The number of hydrogen-bond acceptors (Lipinski definition) is 7. The molecule has 2 amide bonds. The van der Waals surface area contributed by atoms with Gasteiger partial charge in [-0.25, -0.2) is 0 Å². The highest BCUT2D eigenvalue weighted by molar-refractivity contribution is 7.97. The van der Waals surface area contributed by atoms with Crippen LogP contribution in [0.3, 0.4) is 0 Å². The number of nitrogens with two attached hydrogens (primary N) is 1. The Morgan fingerprint density at radius 1 is 1.45 bits per heavy atom. The van der Waals surface area contributed by atoms with Crippen molar-refractivity contribution in [2.24, 2.45) is 11.7 Å². The van der Waals surface area contributed by atoms with Crippen LogP contribution < -0.4 is 11.1 Å². The quantitative estimate of drug-likeness (QED) is 0.709. The molecular weight excluding hydrogens is 306 g/mol.